The molecule has 0 fully saturated rings. The second-order valence-corrected chi connectivity index (χ2v) is 5.41. The van der Waals surface area contributed by atoms with Crippen LogP contribution in [0, 0.1) is 6.92 Å². The van der Waals surface area contributed by atoms with Gasteiger partial charge >= 0.3 is 0 Å². The highest BCUT2D eigenvalue weighted by Gasteiger charge is 2.19. The van der Waals surface area contributed by atoms with Crippen LogP contribution in [-0.2, 0) is 16.6 Å². The van der Waals surface area contributed by atoms with Crippen LogP contribution in [0.15, 0.2) is 45.9 Å². The number of aliphatic hydroxyl groups excluding tert-OH is 1. The summed E-state index contributed by atoms with van der Waals surface area (Å²) in [5, 5.41) is 8.63. The molecular formula is C12H13NO4S. The molecule has 18 heavy (non-hydrogen) atoms. The van der Waals surface area contributed by atoms with Crippen molar-refractivity contribution in [2.45, 2.75) is 18.6 Å². The second-order valence-electron chi connectivity index (χ2n) is 3.80. The van der Waals surface area contributed by atoms with Gasteiger partial charge in [-0.25, -0.2) is 0 Å². The normalized spacial score (nSPS) is 11.4. The summed E-state index contributed by atoms with van der Waals surface area (Å²) in [4.78, 5) is 0. The van der Waals surface area contributed by atoms with Crippen LogP contribution in [0.4, 0.5) is 5.69 Å². The minimum absolute atomic E-state index is 0.208. The Morgan fingerprint density at radius 1 is 1.22 bits per heavy atom. The van der Waals surface area contributed by atoms with Crippen molar-refractivity contribution in [1.82, 2.24) is 0 Å². The monoisotopic (exact) mass is 267 g/mol. The summed E-state index contributed by atoms with van der Waals surface area (Å²) >= 11 is 0. The fraction of sp³-hybridized carbons (Fsp3) is 0.167. The minimum Gasteiger partial charge on any atom is -0.445 e. The first kappa shape index (κ1) is 12.7. The highest BCUT2D eigenvalue weighted by molar-refractivity contribution is 7.92. The molecule has 2 rings (SSSR count). The molecule has 0 aliphatic carbocycles. The third kappa shape index (κ3) is 2.55. The van der Waals surface area contributed by atoms with Crippen LogP contribution < -0.4 is 4.72 Å². The molecule has 1 aromatic carbocycles. The Morgan fingerprint density at radius 2 is 1.94 bits per heavy atom. The minimum atomic E-state index is -3.75. The molecule has 1 heterocycles. The molecule has 6 heteroatoms. The van der Waals surface area contributed by atoms with Gasteiger partial charge in [0.25, 0.3) is 10.0 Å². The van der Waals surface area contributed by atoms with Crippen molar-refractivity contribution >= 4 is 15.7 Å². The van der Waals surface area contributed by atoms with Gasteiger partial charge in [-0.2, -0.15) is 8.42 Å². The van der Waals surface area contributed by atoms with Crippen LogP contribution in [0.3, 0.4) is 0 Å². The summed E-state index contributed by atoms with van der Waals surface area (Å²) in [5.41, 5.74) is 1.31. The third-order valence-corrected chi connectivity index (χ3v) is 3.68. The van der Waals surface area contributed by atoms with E-state index in [-0.39, 0.29) is 17.5 Å². The van der Waals surface area contributed by atoms with E-state index in [9.17, 15) is 8.42 Å². The molecule has 0 atom stereocenters. The fourth-order valence-corrected chi connectivity index (χ4v) is 2.55. The zero-order valence-corrected chi connectivity index (χ0v) is 10.6. The van der Waals surface area contributed by atoms with Gasteiger partial charge in [0.1, 0.15) is 12.4 Å². The molecule has 2 N–H and O–H groups in total. The molecule has 0 aliphatic rings. The summed E-state index contributed by atoms with van der Waals surface area (Å²) in [7, 11) is -3.75. The summed E-state index contributed by atoms with van der Waals surface area (Å²) in [6.07, 6.45) is 0. The number of rotatable bonds is 4. The van der Waals surface area contributed by atoms with Crippen LogP contribution in [0.25, 0.3) is 0 Å². The van der Waals surface area contributed by atoms with Crippen molar-refractivity contribution in [1.29, 1.82) is 0 Å². The lowest BCUT2D eigenvalue weighted by molar-refractivity contribution is 0.236. The van der Waals surface area contributed by atoms with E-state index >= 15 is 0 Å². The van der Waals surface area contributed by atoms with Gasteiger partial charge < -0.3 is 9.52 Å². The lowest BCUT2D eigenvalue weighted by Crippen LogP contribution is -2.12. The fourth-order valence-electron chi connectivity index (χ4n) is 1.47. The number of sulfonamides is 1. The highest BCUT2D eigenvalue weighted by Crippen LogP contribution is 2.20. The average molecular weight is 267 g/mol. The van der Waals surface area contributed by atoms with Crippen LogP contribution in [0.5, 0.6) is 0 Å². The summed E-state index contributed by atoms with van der Waals surface area (Å²) in [6.45, 7) is 1.47. The zero-order valence-electron chi connectivity index (χ0n) is 9.75. The van der Waals surface area contributed by atoms with E-state index in [1.807, 2.05) is 6.07 Å². The first-order valence-electron chi connectivity index (χ1n) is 5.31. The van der Waals surface area contributed by atoms with Gasteiger partial charge in [0.15, 0.2) is 0 Å². The van der Waals surface area contributed by atoms with E-state index in [4.69, 9.17) is 9.52 Å². The maximum Gasteiger partial charge on any atom is 0.295 e. The van der Waals surface area contributed by atoms with Gasteiger partial charge in [0, 0.05) is 0 Å². The molecule has 0 spiro atoms. The summed E-state index contributed by atoms with van der Waals surface area (Å²) < 4.78 is 31.4. The number of anilines is 1. The molecule has 0 amide bonds. The number of aryl methyl sites for hydroxylation is 1. The molecule has 96 valence electrons. The van der Waals surface area contributed by atoms with E-state index in [0.29, 0.717) is 5.69 Å². The number of benzene rings is 1. The molecular weight excluding hydrogens is 254 g/mol. The third-order valence-electron chi connectivity index (χ3n) is 2.45. The smallest absolute Gasteiger partial charge is 0.295 e. The number of hydrogen-bond donors (Lipinski definition) is 2. The van der Waals surface area contributed by atoms with Gasteiger partial charge in [-0.05, 0) is 30.7 Å². The Hall–Kier alpha value is -1.79. The van der Waals surface area contributed by atoms with Crippen molar-refractivity contribution in [3.8, 4) is 0 Å². The maximum absolute atomic E-state index is 12.0. The predicted octanol–water partition coefficient (Wildman–Crippen LogP) is 1.88. The largest absolute Gasteiger partial charge is 0.445 e. The Morgan fingerprint density at radius 3 is 2.56 bits per heavy atom. The van der Waals surface area contributed by atoms with Gasteiger partial charge in [0.05, 0.1) is 5.69 Å². The van der Waals surface area contributed by atoms with Crippen molar-refractivity contribution in [2.24, 2.45) is 0 Å². The Balaban J connectivity index is 2.30. The van der Waals surface area contributed by atoms with Crippen LogP contribution >= 0.6 is 0 Å². The quantitative estimate of drug-likeness (QED) is 0.886. The Labute approximate surface area is 105 Å². The van der Waals surface area contributed by atoms with Crippen LogP contribution in [-0.4, -0.2) is 13.5 Å². The molecule has 0 saturated carbocycles. The van der Waals surface area contributed by atoms with Gasteiger partial charge in [-0.15, -0.1) is 0 Å². The van der Waals surface area contributed by atoms with Crippen molar-refractivity contribution in [2.75, 3.05) is 4.72 Å². The first-order chi connectivity index (χ1) is 8.53. The van der Waals surface area contributed by atoms with E-state index in [1.165, 1.54) is 12.1 Å². The first-order valence-corrected chi connectivity index (χ1v) is 6.79. The SMILES string of the molecule is Cc1ccccc1NS(=O)(=O)c1ccc(CO)o1. The number of furan rings is 1. The Bertz CT molecular complexity index is 646. The molecule has 2 aromatic rings. The second kappa shape index (κ2) is 4.83. The highest BCUT2D eigenvalue weighted by atomic mass is 32.2. The molecule has 0 saturated heterocycles. The molecule has 0 aliphatic heterocycles. The van der Waals surface area contributed by atoms with Crippen LogP contribution in [0.2, 0.25) is 0 Å². The average Bonchev–Trinajstić information content (AvgIpc) is 2.81. The zero-order chi connectivity index (χ0) is 13.2. The van der Waals surface area contributed by atoms with Crippen molar-refractivity contribution < 1.29 is 17.9 Å². The lowest BCUT2D eigenvalue weighted by atomic mass is 10.2. The number of hydrogen-bond acceptors (Lipinski definition) is 4. The molecule has 5 nitrogen and oxygen atoms in total. The predicted molar refractivity (Wildman–Crippen MR) is 66.6 cm³/mol. The summed E-state index contributed by atoms with van der Waals surface area (Å²) in [5.74, 6) is 0.208. The topological polar surface area (TPSA) is 79.5 Å². The van der Waals surface area contributed by atoms with E-state index in [1.54, 1.807) is 25.1 Å². The number of nitrogens with one attached hydrogen (secondary N) is 1. The van der Waals surface area contributed by atoms with E-state index < -0.39 is 10.0 Å². The molecule has 0 bridgehead atoms. The Kier molecular flexibility index (Phi) is 3.40. The van der Waals surface area contributed by atoms with Crippen molar-refractivity contribution in [3.63, 3.8) is 0 Å². The standard InChI is InChI=1S/C12H13NO4S/c1-9-4-2-3-5-11(9)13-18(15,16)12-7-6-10(8-14)17-12/h2-7,13-14H,8H2,1H3. The maximum atomic E-state index is 12.0. The molecule has 1 aromatic heterocycles. The molecule has 0 unspecified atom stereocenters. The number of aliphatic hydroxyl groups is 1. The van der Waals surface area contributed by atoms with Gasteiger partial charge in [0.2, 0.25) is 5.09 Å². The van der Waals surface area contributed by atoms with Crippen LogP contribution in [0.1, 0.15) is 11.3 Å². The van der Waals surface area contributed by atoms with E-state index in [2.05, 4.69) is 4.72 Å². The van der Waals surface area contributed by atoms with E-state index in [0.717, 1.165) is 5.56 Å². The van der Waals surface area contributed by atoms with Gasteiger partial charge in [-0.3, -0.25) is 4.72 Å². The molecule has 0 radical (unpaired) electrons. The van der Waals surface area contributed by atoms with Crippen molar-refractivity contribution in [3.05, 3.63) is 47.7 Å². The summed E-state index contributed by atoms with van der Waals surface area (Å²) in [6, 6.07) is 9.77. The lowest BCUT2D eigenvalue weighted by Gasteiger charge is -2.08. The van der Waals surface area contributed by atoms with Gasteiger partial charge in [-0.1, -0.05) is 18.2 Å². The number of para-hydroxylation sites is 1.